The molecular formula is C11H18N2O. The van der Waals surface area contributed by atoms with Gasteiger partial charge in [0.25, 0.3) is 0 Å². The summed E-state index contributed by atoms with van der Waals surface area (Å²) in [5.74, 6) is 0.866. The van der Waals surface area contributed by atoms with Crippen molar-refractivity contribution >= 4 is 5.69 Å². The van der Waals surface area contributed by atoms with Crippen LogP contribution in [0.1, 0.15) is 13.8 Å². The van der Waals surface area contributed by atoms with Gasteiger partial charge in [0.2, 0.25) is 0 Å². The van der Waals surface area contributed by atoms with Crippen molar-refractivity contribution in [3.05, 3.63) is 24.3 Å². The zero-order valence-corrected chi connectivity index (χ0v) is 8.79. The fourth-order valence-corrected chi connectivity index (χ4v) is 1.08. The minimum absolute atomic E-state index is 0.505. The van der Waals surface area contributed by atoms with Crippen LogP contribution in [-0.4, -0.2) is 19.2 Å². The molecule has 0 fully saturated rings. The lowest BCUT2D eigenvalue weighted by molar-refractivity contribution is 0.309. The second kappa shape index (κ2) is 5.50. The van der Waals surface area contributed by atoms with Crippen molar-refractivity contribution in [3.63, 3.8) is 0 Å². The first-order chi connectivity index (χ1) is 6.68. The van der Waals surface area contributed by atoms with Gasteiger partial charge >= 0.3 is 0 Å². The van der Waals surface area contributed by atoms with Gasteiger partial charge in [-0.05, 0) is 24.3 Å². The van der Waals surface area contributed by atoms with Crippen molar-refractivity contribution in [1.29, 1.82) is 0 Å². The predicted molar refractivity (Wildman–Crippen MR) is 59.5 cm³/mol. The predicted octanol–water partition coefficient (Wildman–Crippen LogP) is 1.65. The first-order valence-electron chi connectivity index (χ1n) is 4.90. The summed E-state index contributed by atoms with van der Waals surface area (Å²) < 4.78 is 5.49. The maximum Gasteiger partial charge on any atom is 0.119 e. The number of hydrogen-bond donors (Lipinski definition) is 2. The van der Waals surface area contributed by atoms with Crippen LogP contribution in [0.15, 0.2) is 24.3 Å². The third-order valence-electron chi connectivity index (χ3n) is 1.80. The Bertz CT molecular complexity index is 256. The fourth-order valence-electron chi connectivity index (χ4n) is 1.08. The third-order valence-corrected chi connectivity index (χ3v) is 1.80. The maximum atomic E-state index is 5.55. The minimum atomic E-state index is 0.505. The fraction of sp³-hybridized carbons (Fsp3) is 0.455. The second-order valence-corrected chi connectivity index (χ2v) is 3.53. The molecule has 0 saturated carbocycles. The van der Waals surface area contributed by atoms with Crippen LogP contribution >= 0.6 is 0 Å². The van der Waals surface area contributed by atoms with Gasteiger partial charge in [0.15, 0.2) is 0 Å². The molecule has 0 atom stereocenters. The highest BCUT2D eigenvalue weighted by Gasteiger charge is 1.94. The molecule has 0 aliphatic heterocycles. The molecule has 0 aromatic heterocycles. The minimum Gasteiger partial charge on any atom is -0.492 e. The van der Waals surface area contributed by atoms with E-state index in [4.69, 9.17) is 10.5 Å². The van der Waals surface area contributed by atoms with E-state index < -0.39 is 0 Å². The normalized spacial score (nSPS) is 10.5. The van der Waals surface area contributed by atoms with Gasteiger partial charge in [-0.2, -0.15) is 0 Å². The van der Waals surface area contributed by atoms with Crippen molar-refractivity contribution < 1.29 is 4.74 Å². The molecule has 14 heavy (non-hydrogen) atoms. The average Bonchev–Trinajstić information content (AvgIpc) is 2.15. The molecule has 0 heterocycles. The lowest BCUT2D eigenvalue weighted by Gasteiger charge is -2.09. The number of nitrogens with two attached hydrogens (primary N) is 1. The SMILES string of the molecule is CC(C)NCCOc1ccc(N)cc1. The Morgan fingerprint density at radius 2 is 1.93 bits per heavy atom. The molecule has 78 valence electrons. The molecule has 0 radical (unpaired) electrons. The van der Waals surface area contributed by atoms with Crippen LogP contribution < -0.4 is 15.8 Å². The van der Waals surface area contributed by atoms with E-state index in [9.17, 15) is 0 Å². The molecule has 0 bridgehead atoms. The van der Waals surface area contributed by atoms with E-state index in [0.29, 0.717) is 12.6 Å². The molecule has 0 saturated heterocycles. The highest BCUT2D eigenvalue weighted by atomic mass is 16.5. The first kappa shape index (κ1) is 10.9. The summed E-state index contributed by atoms with van der Waals surface area (Å²) in [7, 11) is 0. The van der Waals surface area contributed by atoms with Crippen molar-refractivity contribution in [3.8, 4) is 5.75 Å². The quantitative estimate of drug-likeness (QED) is 0.553. The van der Waals surface area contributed by atoms with Gasteiger partial charge in [0.1, 0.15) is 12.4 Å². The zero-order valence-electron chi connectivity index (χ0n) is 8.79. The van der Waals surface area contributed by atoms with Gasteiger partial charge in [-0.15, -0.1) is 0 Å². The largest absolute Gasteiger partial charge is 0.492 e. The van der Waals surface area contributed by atoms with Crippen molar-refractivity contribution in [1.82, 2.24) is 5.32 Å². The topological polar surface area (TPSA) is 47.3 Å². The Morgan fingerprint density at radius 3 is 2.50 bits per heavy atom. The van der Waals surface area contributed by atoms with E-state index in [-0.39, 0.29) is 0 Å². The van der Waals surface area contributed by atoms with E-state index in [0.717, 1.165) is 18.0 Å². The summed E-state index contributed by atoms with van der Waals surface area (Å²) in [6.07, 6.45) is 0. The molecule has 3 nitrogen and oxygen atoms in total. The van der Waals surface area contributed by atoms with E-state index in [1.807, 2.05) is 24.3 Å². The van der Waals surface area contributed by atoms with Crippen LogP contribution in [-0.2, 0) is 0 Å². The number of benzene rings is 1. The maximum absolute atomic E-state index is 5.55. The Morgan fingerprint density at radius 1 is 1.29 bits per heavy atom. The summed E-state index contributed by atoms with van der Waals surface area (Å²) in [5, 5.41) is 3.28. The Labute approximate surface area is 85.3 Å². The van der Waals surface area contributed by atoms with Gasteiger partial charge in [-0.3, -0.25) is 0 Å². The molecule has 0 unspecified atom stereocenters. The summed E-state index contributed by atoms with van der Waals surface area (Å²) in [5.41, 5.74) is 6.32. The van der Waals surface area contributed by atoms with E-state index in [1.54, 1.807) is 0 Å². The van der Waals surface area contributed by atoms with Gasteiger partial charge in [0, 0.05) is 18.3 Å². The van der Waals surface area contributed by atoms with Crippen LogP contribution in [0.3, 0.4) is 0 Å². The van der Waals surface area contributed by atoms with E-state index >= 15 is 0 Å². The van der Waals surface area contributed by atoms with Crippen molar-refractivity contribution in [2.75, 3.05) is 18.9 Å². The Hall–Kier alpha value is -1.22. The number of anilines is 1. The van der Waals surface area contributed by atoms with E-state index in [2.05, 4.69) is 19.2 Å². The molecule has 1 rings (SSSR count). The second-order valence-electron chi connectivity index (χ2n) is 3.53. The molecule has 3 N–H and O–H groups in total. The van der Waals surface area contributed by atoms with Crippen LogP contribution in [0.2, 0.25) is 0 Å². The molecule has 1 aromatic carbocycles. The highest BCUT2D eigenvalue weighted by Crippen LogP contribution is 2.12. The van der Waals surface area contributed by atoms with Crippen molar-refractivity contribution in [2.45, 2.75) is 19.9 Å². The Kier molecular flexibility index (Phi) is 4.26. The van der Waals surface area contributed by atoms with Crippen molar-refractivity contribution in [2.24, 2.45) is 0 Å². The van der Waals surface area contributed by atoms with Crippen LogP contribution in [0.25, 0.3) is 0 Å². The number of ether oxygens (including phenoxy) is 1. The molecular weight excluding hydrogens is 176 g/mol. The van der Waals surface area contributed by atoms with Gasteiger partial charge in [0.05, 0.1) is 0 Å². The molecule has 0 aliphatic rings. The Balaban J connectivity index is 2.21. The number of hydrogen-bond acceptors (Lipinski definition) is 3. The highest BCUT2D eigenvalue weighted by molar-refractivity contribution is 5.41. The lowest BCUT2D eigenvalue weighted by atomic mass is 10.3. The lowest BCUT2D eigenvalue weighted by Crippen LogP contribution is -2.27. The average molecular weight is 194 g/mol. The molecule has 3 heteroatoms. The smallest absolute Gasteiger partial charge is 0.119 e. The number of rotatable bonds is 5. The van der Waals surface area contributed by atoms with Gasteiger partial charge in [-0.1, -0.05) is 13.8 Å². The number of nitrogens with one attached hydrogen (secondary N) is 1. The first-order valence-corrected chi connectivity index (χ1v) is 4.90. The summed E-state index contributed by atoms with van der Waals surface area (Å²) in [6, 6.07) is 7.94. The third kappa shape index (κ3) is 4.14. The zero-order chi connectivity index (χ0) is 10.4. The van der Waals surface area contributed by atoms with Crippen LogP contribution in [0.5, 0.6) is 5.75 Å². The standard InChI is InChI=1S/C11H18N2O/c1-9(2)13-7-8-14-11-5-3-10(12)4-6-11/h3-6,9,13H,7-8,12H2,1-2H3. The summed E-state index contributed by atoms with van der Waals surface area (Å²) in [6.45, 7) is 5.77. The van der Waals surface area contributed by atoms with E-state index in [1.165, 1.54) is 0 Å². The van der Waals surface area contributed by atoms with Gasteiger partial charge in [-0.25, -0.2) is 0 Å². The molecule has 0 spiro atoms. The van der Waals surface area contributed by atoms with Crippen LogP contribution in [0, 0.1) is 0 Å². The number of nitrogen functional groups attached to an aromatic ring is 1. The summed E-state index contributed by atoms with van der Waals surface area (Å²) >= 11 is 0. The monoisotopic (exact) mass is 194 g/mol. The summed E-state index contributed by atoms with van der Waals surface area (Å²) in [4.78, 5) is 0. The molecule has 0 aliphatic carbocycles. The molecule has 1 aromatic rings. The van der Waals surface area contributed by atoms with Crippen LogP contribution in [0.4, 0.5) is 5.69 Å². The molecule has 0 amide bonds. The van der Waals surface area contributed by atoms with Gasteiger partial charge < -0.3 is 15.8 Å².